The number of ether oxygens (including phenoxy) is 1. The Morgan fingerprint density at radius 3 is 2.21 bits per heavy atom. The molecule has 2 N–H and O–H groups in total. The van der Waals surface area contributed by atoms with E-state index in [2.05, 4.69) is 11.9 Å². The minimum atomic E-state index is -1.03. The molecule has 1 amide bonds. The van der Waals surface area contributed by atoms with E-state index in [0.717, 1.165) is 22.3 Å². The first kappa shape index (κ1) is 20.3. The number of carboxylic acids is 1. The maximum absolute atomic E-state index is 12.3. The Morgan fingerprint density at radius 1 is 1.07 bits per heavy atom. The number of fused-ring (bicyclic) bond motifs is 3. The summed E-state index contributed by atoms with van der Waals surface area (Å²) in [6, 6.07) is 15.1. The first-order valence-electron chi connectivity index (χ1n) is 9.48. The highest BCUT2D eigenvalue weighted by atomic mass is 16.5. The van der Waals surface area contributed by atoms with Gasteiger partial charge >= 0.3 is 12.1 Å². The summed E-state index contributed by atoms with van der Waals surface area (Å²) in [4.78, 5) is 35.3. The molecule has 29 heavy (non-hydrogen) atoms. The van der Waals surface area contributed by atoms with Crippen molar-refractivity contribution < 1.29 is 24.2 Å². The molecule has 0 spiro atoms. The number of benzene rings is 2. The zero-order valence-corrected chi connectivity index (χ0v) is 16.0. The third-order valence-electron chi connectivity index (χ3n) is 5.02. The molecule has 0 radical (unpaired) electrons. The molecular formula is C23H23NO5. The van der Waals surface area contributed by atoms with Gasteiger partial charge < -0.3 is 15.2 Å². The van der Waals surface area contributed by atoms with Gasteiger partial charge in [-0.15, -0.1) is 6.58 Å². The summed E-state index contributed by atoms with van der Waals surface area (Å²) in [5, 5.41) is 11.4. The Hall–Kier alpha value is -3.41. The van der Waals surface area contributed by atoms with Crippen molar-refractivity contribution in [2.45, 2.75) is 31.2 Å². The van der Waals surface area contributed by atoms with Crippen molar-refractivity contribution in [2.24, 2.45) is 0 Å². The second-order valence-electron chi connectivity index (χ2n) is 6.91. The van der Waals surface area contributed by atoms with Crippen molar-refractivity contribution in [3.05, 3.63) is 72.3 Å². The highest BCUT2D eigenvalue weighted by molar-refractivity contribution is 5.88. The Balaban J connectivity index is 1.67. The van der Waals surface area contributed by atoms with Crippen molar-refractivity contribution in [3.8, 4) is 11.1 Å². The van der Waals surface area contributed by atoms with Gasteiger partial charge in [-0.3, -0.25) is 9.59 Å². The molecule has 0 unspecified atom stereocenters. The first-order chi connectivity index (χ1) is 14.0. The number of nitrogens with one attached hydrogen (secondary N) is 1. The van der Waals surface area contributed by atoms with Gasteiger partial charge in [0.1, 0.15) is 6.61 Å². The monoisotopic (exact) mass is 393 g/mol. The second-order valence-corrected chi connectivity index (χ2v) is 6.91. The Bertz CT molecular complexity index is 891. The molecule has 2 aromatic carbocycles. The summed E-state index contributed by atoms with van der Waals surface area (Å²) in [5.74, 6) is -1.42. The highest BCUT2D eigenvalue weighted by Crippen LogP contribution is 2.44. The molecule has 150 valence electrons. The molecule has 6 heteroatoms. The van der Waals surface area contributed by atoms with Crippen LogP contribution in [0.3, 0.4) is 0 Å². The standard InChI is InChI=1S/C23H23NO5/c1-2-7-21(25)20(12-13-22(26)27)24-23(28)29-14-19-17-10-5-3-8-15(17)16-9-4-6-11-18(16)19/h2-6,8-11,19-20H,1,7,12-14H2,(H,24,28)(H,26,27)/t20-/m0/s1. The van der Waals surface area contributed by atoms with Crippen molar-refractivity contribution in [3.63, 3.8) is 0 Å². The maximum atomic E-state index is 12.3. The van der Waals surface area contributed by atoms with E-state index in [1.807, 2.05) is 48.5 Å². The lowest BCUT2D eigenvalue weighted by molar-refractivity contribution is -0.137. The highest BCUT2D eigenvalue weighted by Gasteiger charge is 2.29. The summed E-state index contributed by atoms with van der Waals surface area (Å²) in [5.41, 5.74) is 4.42. The van der Waals surface area contributed by atoms with Crippen molar-refractivity contribution in [2.75, 3.05) is 6.61 Å². The van der Waals surface area contributed by atoms with Gasteiger partial charge in [0, 0.05) is 18.8 Å². The summed E-state index contributed by atoms with van der Waals surface area (Å²) >= 11 is 0. The van der Waals surface area contributed by atoms with Crippen molar-refractivity contribution in [1.29, 1.82) is 0 Å². The molecule has 0 fully saturated rings. The van der Waals surface area contributed by atoms with E-state index in [1.165, 1.54) is 6.08 Å². The molecule has 3 rings (SSSR count). The van der Waals surface area contributed by atoms with E-state index in [1.54, 1.807) is 0 Å². The number of ketones is 1. The van der Waals surface area contributed by atoms with Gasteiger partial charge in [-0.25, -0.2) is 4.79 Å². The summed E-state index contributed by atoms with van der Waals surface area (Å²) < 4.78 is 5.43. The number of aliphatic carboxylic acids is 1. The molecule has 1 aliphatic rings. The molecule has 0 aliphatic heterocycles. The van der Waals surface area contributed by atoms with Gasteiger partial charge in [0.2, 0.25) is 0 Å². The SMILES string of the molecule is C=CCC(=O)[C@H](CCC(=O)O)NC(=O)OCC1c2ccccc2-c2ccccc21. The summed E-state index contributed by atoms with van der Waals surface area (Å²) in [7, 11) is 0. The number of carbonyl (C=O) groups is 3. The van der Waals surface area contributed by atoms with Crippen LogP contribution in [0, 0.1) is 0 Å². The van der Waals surface area contributed by atoms with Gasteiger partial charge in [0.05, 0.1) is 6.04 Å². The topological polar surface area (TPSA) is 92.7 Å². The van der Waals surface area contributed by atoms with Crippen molar-refractivity contribution in [1.82, 2.24) is 5.32 Å². The zero-order valence-electron chi connectivity index (χ0n) is 16.0. The number of carboxylic acid groups (broad SMARTS) is 1. The average molecular weight is 393 g/mol. The Kier molecular flexibility index (Phi) is 6.44. The van der Waals surface area contributed by atoms with E-state index in [0.29, 0.717) is 0 Å². The molecule has 0 saturated heterocycles. The predicted molar refractivity (Wildman–Crippen MR) is 109 cm³/mol. The van der Waals surface area contributed by atoms with Gasteiger partial charge in [0.15, 0.2) is 5.78 Å². The minimum Gasteiger partial charge on any atom is -0.481 e. The lowest BCUT2D eigenvalue weighted by Crippen LogP contribution is -2.41. The van der Waals surface area contributed by atoms with Crippen LogP contribution in [0.2, 0.25) is 0 Å². The molecule has 1 atom stereocenters. The van der Waals surface area contributed by atoms with Crippen LogP contribution in [-0.4, -0.2) is 35.6 Å². The first-order valence-corrected chi connectivity index (χ1v) is 9.48. The molecule has 1 aliphatic carbocycles. The fourth-order valence-corrected chi connectivity index (χ4v) is 3.65. The van der Waals surface area contributed by atoms with Crippen LogP contribution in [0.1, 0.15) is 36.3 Å². The zero-order chi connectivity index (χ0) is 20.8. The van der Waals surface area contributed by atoms with Gasteiger partial charge in [-0.05, 0) is 28.7 Å². The number of allylic oxidation sites excluding steroid dienone is 1. The molecule has 2 aromatic rings. The average Bonchev–Trinajstić information content (AvgIpc) is 3.03. The van der Waals surface area contributed by atoms with E-state index in [-0.39, 0.29) is 37.6 Å². The number of amides is 1. The largest absolute Gasteiger partial charge is 0.481 e. The molecule has 0 heterocycles. The van der Waals surface area contributed by atoms with Gasteiger partial charge in [-0.1, -0.05) is 54.6 Å². The van der Waals surface area contributed by atoms with Crippen LogP contribution in [0.25, 0.3) is 11.1 Å². The van der Waals surface area contributed by atoms with E-state index >= 15 is 0 Å². The van der Waals surface area contributed by atoms with Crippen LogP contribution < -0.4 is 5.32 Å². The lowest BCUT2D eigenvalue weighted by Gasteiger charge is -2.18. The fraction of sp³-hybridized carbons (Fsp3) is 0.261. The molecule has 6 nitrogen and oxygen atoms in total. The second kappa shape index (κ2) is 9.19. The van der Waals surface area contributed by atoms with Crippen LogP contribution in [0.15, 0.2) is 61.2 Å². The fourth-order valence-electron chi connectivity index (χ4n) is 3.65. The third kappa shape index (κ3) is 4.71. The number of carbonyl (C=O) groups excluding carboxylic acids is 2. The van der Waals surface area contributed by atoms with Gasteiger partial charge in [-0.2, -0.15) is 0 Å². The number of hydrogen-bond acceptors (Lipinski definition) is 4. The van der Waals surface area contributed by atoms with Crippen LogP contribution in [0.5, 0.6) is 0 Å². The molecule has 0 aromatic heterocycles. The molecule has 0 saturated carbocycles. The quantitative estimate of drug-likeness (QED) is 0.630. The Morgan fingerprint density at radius 2 is 1.66 bits per heavy atom. The minimum absolute atomic E-state index is 0.00615. The number of rotatable bonds is 9. The number of hydrogen-bond donors (Lipinski definition) is 2. The molecule has 0 bridgehead atoms. The van der Waals surface area contributed by atoms with Crippen LogP contribution >= 0.6 is 0 Å². The summed E-state index contributed by atoms with van der Waals surface area (Å²) in [6.45, 7) is 3.63. The normalized spacial score (nSPS) is 13.1. The lowest BCUT2D eigenvalue weighted by atomic mass is 9.98. The van der Waals surface area contributed by atoms with E-state index in [4.69, 9.17) is 9.84 Å². The van der Waals surface area contributed by atoms with Crippen LogP contribution in [0.4, 0.5) is 4.79 Å². The predicted octanol–water partition coefficient (Wildman–Crippen LogP) is 3.90. The van der Waals surface area contributed by atoms with Crippen molar-refractivity contribution >= 4 is 17.8 Å². The third-order valence-corrected chi connectivity index (χ3v) is 5.02. The maximum Gasteiger partial charge on any atom is 0.407 e. The van der Waals surface area contributed by atoms with E-state index < -0.39 is 18.1 Å². The number of Topliss-reactive ketones (excluding diaryl/α,β-unsaturated/α-hetero) is 1. The smallest absolute Gasteiger partial charge is 0.407 e. The van der Waals surface area contributed by atoms with E-state index in [9.17, 15) is 14.4 Å². The van der Waals surface area contributed by atoms with Crippen LogP contribution in [-0.2, 0) is 14.3 Å². The Labute approximate surface area is 169 Å². The molecular weight excluding hydrogens is 370 g/mol. The van der Waals surface area contributed by atoms with Gasteiger partial charge in [0.25, 0.3) is 0 Å². The summed E-state index contributed by atoms with van der Waals surface area (Å²) in [6.07, 6.45) is 0.520. The number of alkyl carbamates (subject to hydrolysis) is 1.